The minimum atomic E-state index is -0.833. The molecule has 0 aliphatic rings. The summed E-state index contributed by atoms with van der Waals surface area (Å²) in [5, 5.41) is 15.8. The third kappa shape index (κ3) is 8.63. The molecule has 88 valence electrons. The number of aliphatic carboxylic acids is 1. The van der Waals surface area contributed by atoms with E-state index in [1.54, 1.807) is 12.1 Å². The Hall–Kier alpha value is -0.668. The molecule has 7 heteroatoms. The maximum atomic E-state index is 10.6. The average molecular weight is 442 g/mol. The van der Waals surface area contributed by atoms with Crippen molar-refractivity contribution in [2.45, 2.75) is 6.92 Å². The van der Waals surface area contributed by atoms with Crippen LogP contribution in [0.4, 0.5) is 0 Å². The fourth-order valence-electron chi connectivity index (χ4n) is 0.668. The average Bonchev–Trinajstić information content (AvgIpc) is 2.16. The molecule has 0 bridgehead atoms. The number of hydrogen-bond donors (Lipinski definition) is 2. The van der Waals surface area contributed by atoms with E-state index in [4.69, 9.17) is 26.8 Å². The van der Waals surface area contributed by atoms with Crippen molar-refractivity contribution in [1.29, 1.82) is 0 Å². The summed E-state index contributed by atoms with van der Waals surface area (Å²) >= 11 is 5.56. The summed E-state index contributed by atoms with van der Waals surface area (Å²) in [6.45, 7) is 1.08. The first-order valence-corrected chi connectivity index (χ1v) is 4.16. The second kappa shape index (κ2) is 9.55. The van der Waals surface area contributed by atoms with Crippen molar-refractivity contribution < 1.29 is 24.8 Å². The molecular formula is C9H11ClO5Pb. The fraction of sp³-hybridized carbons (Fsp3) is 0.111. The molecular weight excluding hydrogens is 431 g/mol. The van der Waals surface area contributed by atoms with Crippen molar-refractivity contribution in [3.05, 3.63) is 34.9 Å². The Morgan fingerprint density at radius 2 is 1.88 bits per heavy atom. The van der Waals surface area contributed by atoms with Crippen LogP contribution in [-0.4, -0.2) is 49.6 Å². The molecule has 1 aromatic carbocycles. The summed E-state index contributed by atoms with van der Waals surface area (Å²) in [5.74, 6) is -1.65. The van der Waals surface area contributed by atoms with Crippen LogP contribution in [0.5, 0.6) is 0 Å². The zero-order chi connectivity index (χ0) is 11.8. The van der Waals surface area contributed by atoms with Crippen LogP contribution in [0.3, 0.4) is 0 Å². The standard InChI is InChI=1S/C7H5ClO3.C2H4O2.Pb.2H/c8-6-3-1-2-5(4-6)7(9)11-10;1-2(3)4;;;/h1-4,10H;1H3,(H,3,4);;;. The Bertz CT molecular complexity index is 352. The van der Waals surface area contributed by atoms with Crippen molar-refractivity contribution in [2.24, 2.45) is 0 Å². The number of rotatable bonds is 1. The maximum absolute atomic E-state index is 10.6. The molecule has 0 fully saturated rings. The van der Waals surface area contributed by atoms with Crippen molar-refractivity contribution in [3.8, 4) is 0 Å². The van der Waals surface area contributed by atoms with Crippen LogP contribution in [0.25, 0.3) is 0 Å². The van der Waals surface area contributed by atoms with Crippen molar-refractivity contribution in [1.82, 2.24) is 0 Å². The number of halogens is 1. The molecule has 5 nitrogen and oxygen atoms in total. The molecule has 0 saturated heterocycles. The summed E-state index contributed by atoms with van der Waals surface area (Å²) in [7, 11) is 0. The molecule has 0 aromatic heterocycles. The van der Waals surface area contributed by atoms with Gasteiger partial charge in [0.25, 0.3) is 5.97 Å². The molecule has 1 aromatic rings. The third-order valence-corrected chi connectivity index (χ3v) is 1.38. The monoisotopic (exact) mass is 442 g/mol. The summed E-state index contributed by atoms with van der Waals surface area (Å²) in [4.78, 5) is 23.1. The van der Waals surface area contributed by atoms with Crippen LogP contribution in [0, 0.1) is 0 Å². The van der Waals surface area contributed by atoms with E-state index < -0.39 is 11.9 Å². The van der Waals surface area contributed by atoms with Crippen LogP contribution in [0.15, 0.2) is 24.3 Å². The Morgan fingerprint density at radius 3 is 2.25 bits per heavy atom. The predicted molar refractivity (Wildman–Crippen MR) is 61.4 cm³/mol. The molecule has 0 aliphatic heterocycles. The molecule has 0 unspecified atom stereocenters. The summed E-state index contributed by atoms with van der Waals surface area (Å²) in [6, 6.07) is 6.11. The van der Waals surface area contributed by atoms with Crippen LogP contribution >= 0.6 is 11.6 Å². The Kier molecular flexibility index (Phi) is 10.6. The summed E-state index contributed by atoms with van der Waals surface area (Å²) < 4.78 is 0. The molecule has 0 spiro atoms. The molecule has 16 heavy (non-hydrogen) atoms. The topological polar surface area (TPSA) is 83.8 Å². The van der Waals surface area contributed by atoms with Gasteiger partial charge in [-0.2, -0.15) is 5.26 Å². The third-order valence-electron chi connectivity index (χ3n) is 1.14. The van der Waals surface area contributed by atoms with Gasteiger partial charge in [-0.3, -0.25) is 9.68 Å². The number of carboxylic acid groups (broad SMARTS) is 1. The molecule has 0 atom stereocenters. The van der Waals surface area contributed by atoms with E-state index in [1.165, 1.54) is 12.1 Å². The van der Waals surface area contributed by atoms with Gasteiger partial charge in [-0.1, -0.05) is 17.7 Å². The van der Waals surface area contributed by atoms with Crippen LogP contribution in [-0.2, 0) is 9.68 Å². The number of carbonyl (C=O) groups excluding carboxylic acids is 1. The van der Waals surface area contributed by atoms with Gasteiger partial charge in [-0.05, 0) is 18.2 Å². The van der Waals surface area contributed by atoms with Crippen LogP contribution in [0.1, 0.15) is 17.3 Å². The van der Waals surface area contributed by atoms with E-state index in [1.807, 2.05) is 0 Å². The summed E-state index contributed by atoms with van der Waals surface area (Å²) in [6.07, 6.45) is 0. The SMILES string of the molecule is CC(=O)O.O=C(OO)c1cccc(Cl)c1.[PbH2]. The normalized spacial score (nSPS) is 7.94. The minimum absolute atomic E-state index is 0. The predicted octanol–water partition coefficient (Wildman–Crippen LogP) is 1.14. The molecule has 2 radical (unpaired) electrons. The zero-order valence-electron chi connectivity index (χ0n) is 8.51. The van der Waals surface area contributed by atoms with Crippen molar-refractivity contribution in [3.63, 3.8) is 0 Å². The first kappa shape index (κ1) is 17.7. The van der Waals surface area contributed by atoms with Crippen molar-refractivity contribution >= 4 is 50.8 Å². The van der Waals surface area contributed by atoms with Gasteiger partial charge in [-0.25, -0.2) is 4.79 Å². The molecule has 1 rings (SSSR count). The Labute approximate surface area is 117 Å². The zero-order valence-corrected chi connectivity index (χ0v) is 14.8. The van der Waals surface area contributed by atoms with E-state index in [-0.39, 0.29) is 32.9 Å². The molecule has 0 saturated carbocycles. The number of carboxylic acids is 1. The van der Waals surface area contributed by atoms with Gasteiger partial charge in [-0.15, -0.1) is 0 Å². The fourth-order valence-corrected chi connectivity index (χ4v) is 0.858. The second-order valence-corrected chi connectivity index (χ2v) is 2.84. The quantitative estimate of drug-likeness (QED) is 0.388. The van der Waals surface area contributed by atoms with E-state index in [0.717, 1.165) is 6.92 Å². The molecule has 0 amide bonds. The number of hydrogen-bond acceptors (Lipinski definition) is 4. The Morgan fingerprint density at radius 1 is 1.38 bits per heavy atom. The first-order valence-electron chi connectivity index (χ1n) is 3.78. The number of benzene rings is 1. The molecule has 0 heterocycles. The second-order valence-electron chi connectivity index (χ2n) is 2.41. The van der Waals surface area contributed by atoms with E-state index >= 15 is 0 Å². The molecule has 0 aliphatic carbocycles. The van der Waals surface area contributed by atoms with Gasteiger partial charge in [0.2, 0.25) is 0 Å². The van der Waals surface area contributed by atoms with Crippen LogP contribution < -0.4 is 0 Å². The first-order chi connectivity index (χ1) is 6.97. The van der Waals surface area contributed by atoms with E-state index in [9.17, 15) is 4.79 Å². The van der Waals surface area contributed by atoms with E-state index in [0.29, 0.717) is 5.02 Å². The summed E-state index contributed by atoms with van der Waals surface area (Å²) in [5.41, 5.74) is 0.222. The van der Waals surface area contributed by atoms with Gasteiger partial charge in [0.15, 0.2) is 0 Å². The van der Waals surface area contributed by atoms with Gasteiger partial charge in [0, 0.05) is 11.9 Å². The van der Waals surface area contributed by atoms with Gasteiger partial charge < -0.3 is 5.11 Å². The van der Waals surface area contributed by atoms with Gasteiger partial charge in [0.1, 0.15) is 0 Å². The number of carbonyl (C=O) groups is 2. The van der Waals surface area contributed by atoms with E-state index in [2.05, 4.69) is 4.89 Å². The van der Waals surface area contributed by atoms with Gasteiger partial charge in [0.05, 0.1) is 5.56 Å². The van der Waals surface area contributed by atoms with Crippen molar-refractivity contribution in [2.75, 3.05) is 0 Å². The molecule has 2 N–H and O–H groups in total. The van der Waals surface area contributed by atoms with Crippen LogP contribution in [0.2, 0.25) is 5.02 Å². The Balaban J connectivity index is 0. The van der Waals surface area contributed by atoms with Gasteiger partial charge >= 0.3 is 33.3 Å².